The lowest BCUT2D eigenvalue weighted by Gasteiger charge is -2.59. The molecule has 186 valence electrons. The van der Waals surface area contributed by atoms with Crippen molar-refractivity contribution in [2.24, 2.45) is 34.5 Å². The van der Waals surface area contributed by atoms with Crippen molar-refractivity contribution in [2.45, 2.75) is 95.7 Å². The van der Waals surface area contributed by atoms with E-state index in [-0.39, 0.29) is 46.8 Å². The zero-order valence-corrected chi connectivity index (χ0v) is 20.4. The van der Waals surface area contributed by atoms with Crippen LogP contribution in [0.5, 0.6) is 0 Å². The molecule has 0 radical (unpaired) electrons. The molecule has 6 heteroatoms. The number of hydrogen-bond donors (Lipinski definition) is 2. The van der Waals surface area contributed by atoms with Crippen LogP contribution in [0.2, 0.25) is 0 Å². The highest BCUT2D eigenvalue weighted by Crippen LogP contribution is 2.70. The molecule has 0 amide bonds. The summed E-state index contributed by atoms with van der Waals surface area (Å²) in [7, 11) is 0. The van der Waals surface area contributed by atoms with E-state index in [2.05, 4.69) is 13.8 Å². The first-order chi connectivity index (χ1) is 16.2. The van der Waals surface area contributed by atoms with Gasteiger partial charge >= 0.3 is 0 Å². The van der Waals surface area contributed by atoms with Crippen LogP contribution in [0.25, 0.3) is 0 Å². The molecule has 0 aromatic carbocycles. The van der Waals surface area contributed by atoms with E-state index in [0.29, 0.717) is 6.42 Å². The van der Waals surface area contributed by atoms with Crippen molar-refractivity contribution in [1.29, 1.82) is 0 Å². The van der Waals surface area contributed by atoms with Crippen LogP contribution in [0, 0.1) is 34.5 Å². The maximum atomic E-state index is 13.5. The number of aliphatic hydroxyl groups excluding tert-OH is 2. The molecule has 2 N–H and O–H groups in total. The van der Waals surface area contributed by atoms with Crippen LogP contribution in [0.3, 0.4) is 0 Å². The molecule has 5 fully saturated rings. The summed E-state index contributed by atoms with van der Waals surface area (Å²) >= 11 is 0. The zero-order chi connectivity index (χ0) is 23.9. The fraction of sp³-hybridized carbons (Fsp3) is 0.786. The number of ketones is 2. The first-order valence-corrected chi connectivity index (χ1v) is 13.3. The second-order valence-corrected chi connectivity index (χ2v) is 12.3. The molecule has 6 aliphatic rings. The van der Waals surface area contributed by atoms with Crippen LogP contribution in [0.1, 0.15) is 71.6 Å². The maximum absolute atomic E-state index is 13.5. The average molecular weight is 471 g/mol. The predicted molar refractivity (Wildman–Crippen MR) is 125 cm³/mol. The Kier molecular flexibility index (Phi) is 5.31. The van der Waals surface area contributed by atoms with E-state index < -0.39 is 30.0 Å². The largest absolute Gasteiger partial charge is 0.393 e. The van der Waals surface area contributed by atoms with Gasteiger partial charge in [0.1, 0.15) is 6.61 Å². The summed E-state index contributed by atoms with van der Waals surface area (Å²) in [6, 6.07) is 0. The van der Waals surface area contributed by atoms with Gasteiger partial charge in [0.05, 0.1) is 12.2 Å². The zero-order valence-electron chi connectivity index (χ0n) is 20.4. The first-order valence-electron chi connectivity index (χ1n) is 13.3. The van der Waals surface area contributed by atoms with Gasteiger partial charge in [0.15, 0.2) is 23.5 Å². The number of Topliss-reactive ketones (excluding diaryl/α,β-unsaturated/α-hetero) is 1. The fourth-order valence-corrected chi connectivity index (χ4v) is 9.33. The highest BCUT2D eigenvalue weighted by atomic mass is 16.7. The van der Waals surface area contributed by atoms with Crippen molar-refractivity contribution in [1.82, 2.24) is 0 Å². The third-order valence-electron chi connectivity index (χ3n) is 10.8. The second kappa shape index (κ2) is 7.83. The van der Waals surface area contributed by atoms with E-state index >= 15 is 0 Å². The highest BCUT2D eigenvalue weighted by Gasteiger charge is 2.76. The standard InChI is InChI=1S/C28H38O6/c1-26-11-10-18(30)12-17(26)8-9-19-20-13-23-28(22(32)15-29,27(20,2)14-21(31)24(19)26)34-25(33-23)16-6-4-3-5-7-16/h10-12,16,19-21,23-25,29,31H,3-9,13-15H2,1-2H3/t19-,20-,21-,23?,24+,25+,26-,27-,28+/m0/s1. The van der Waals surface area contributed by atoms with E-state index in [0.717, 1.165) is 50.5 Å². The Balaban J connectivity index is 1.37. The minimum absolute atomic E-state index is 0.0100. The molecule has 1 unspecified atom stereocenters. The van der Waals surface area contributed by atoms with Crippen LogP contribution in [-0.4, -0.2) is 52.5 Å². The predicted octanol–water partition coefficient (Wildman–Crippen LogP) is 3.50. The molecule has 9 atom stereocenters. The number of fused-ring (bicyclic) bond motifs is 7. The van der Waals surface area contributed by atoms with Crippen molar-refractivity contribution in [2.75, 3.05) is 6.61 Å². The summed E-state index contributed by atoms with van der Waals surface area (Å²) in [5.41, 5.74) is -1.04. The van der Waals surface area contributed by atoms with Crippen molar-refractivity contribution in [3.63, 3.8) is 0 Å². The van der Waals surface area contributed by atoms with Gasteiger partial charge < -0.3 is 19.7 Å². The number of carbonyl (C=O) groups excluding carboxylic acids is 2. The van der Waals surface area contributed by atoms with Gasteiger partial charge in [0.25, 0.3) is 0 Å². The summed E-state index contributed by atoms with van der Waals surface area (Å²) in [5.74, 6) is 0.360. The average Bonchev–Trinajstić information content (AvgIpc) is 3.32. The van der Waals surface area contributed by atoms with Gasteiger partial charge in [-0.05, 0) is 62.5 Å². The molecule has 0 bridgehead atoms. The van der Waals surface area contributed by atoms with Crippen molar-refractivity contribution < 1.29 is 29.3 Å². The molecule has 0 spiro atoms. The second-order valence-electron chi connectivity index (χ2n) is 12.3. The normalized spacial score (nSPS) is 50.2. The van der Waals surface area contributed by atoms with Gasteiger partial charge in [-0.15, -0.1) is 0 Å². The smallest absolute Gasteiger partial charge is 0.193 e. The summed E-state index contributed by atoms with van der Waals surface area (Å²) in [5, 5.41) is 21.7. The van der Waals surface area contributed by atoms with Crippen molar-refractivity contribution in [3.05, 3.63) is 23.8 Å². The van der Waals surface area contributed by atoms with Crippen molar-refractivity contribution >= 4 is 11.6 Å². The molecule has 4 saturated carbocycles. The molecular weight excluding hydrogens is 432 g/mol. The van der Waals surface area contributed by atoms with Crippen LogP contribution in [-0.2, 0) is 19.1 Å². The Morgan fingerprint density at radius 2 is 1.94 bits per heavy atom. The Bertz CT molecular complexity index is 949. The van der Waals surface area contributed by atoms with Gasteiger partial charge in [-0.2, -0.15) is 0 Å². The molecule has 0 aromatic heterocycles. The van der Waals surface area contributed by atoms with Crippen LogP contribution in [0.15, 0.2) is 23.8 Å². The Labute approximate surface area is 201 Å². The van der Waals surface area contributed by atoms with Crippen LogP contribution >= 0.6 is 0 Å². The molecule has 1 saturated heterocycles. The third kappa shape index (κ3) is 2.89. The molecule has 1 aliphatic heterocycles. The number of aliphatic hydroxyl groups is 2. The Hall–Kier alpha value is -1.34. The summed E-state index contributed by atoms with van der Waals surface area (Å²) in [6.07, 6.45) is 12.5. The molecular formula is C28H38O6. The molecule has 6 nitrogen and oxygen atoms in total. The molecule has 0 aromatic rings. The van der Waals surface area contributed by atoms with E-state index in [1.165, 1.54) is 6.42 Å². The quantitative estimate of drug-likeness (QED) is 0.656. The number of rotatable bonds is 3. The van der Waals surface area contributed by atoms with Crippen LogP contribution < -0.4 is 0 Å². The van der Waals surface area contributed by atoms with Gasteiger partial charge in [0.2, 0.25) is 0 Å². The molecule has 34 heavy (non-hydrogen) atoms. The first kappa shape index (κ1) is 23.1. The van der Waals surface area contributed by atoms with E-state index in [4.69, 9.17) is 9.47 Å². The number of hydrogen-bond acceptors (Lipinski definition) is 6. The topological polar surface area (TPSA) is 93.1 Å². The molecule has 6 rings (SSSR count). The number of allylic oxidation sites excluding steroid dienone is 4. The van der Waals surface area contributed by atoms with E-state index in [1.54, 1.807) is 12.2 Å². The maximum Gasteiger partial charge on any atom is 0.193 e. The molecule has 5 aliphatic carbocycles. The SMILES string of the molecule is C[C@]12C=CC(=O)C=C1CC[C@@H]1[C@@H]2[C@@H](O)C[C@@]2(C)[C@H]1CC1O[C@@H](C3CCCCC3)O[C@]12C(=O)CO. The minimum Gasteiger partial charge on any atom is -0.393 e. The summed E-state index contributed by atoms with van der Waals surface area (Å²) < 4.78 is 13.3. The lowest BCUT2D eigenvalue weighted by atomic mass is 9.46. The minimum atomic E-state index is -1.20. The van der Waals surface area contributed by atoms with Gasteiger partial charge in [0, 0.05) is 22.7 Å². The van der Waals surface area contributed by atoms with E-state index in [9.17, 15) is 19.8 Å². The lowest BCUT2D eigenvalue weighted by Crippen LogP contribution is -2.63. The van der Waals surface area contributed by atoms with Gasteiger partial charge in [-0.3, -0.25) is 9.59 Å². The van der Waals surface area contributed by atoms with Crippen LogP contribution in [0.4, 0.5) is 0 Å². The lowest BCUT2D eigenvalue weighted by molar-refractivity contribution is -0.209. The number of ether oxygens (including phenoxy) is 2. The van der Waals surface area contributed by atoms with Crippen molar-refractivity contribution in [3.8, 4) is 0 Å². The summed E-state index contributed by atoms with van der Waals surface area (Å²) in [6.45, 7) is 3.69. The highest BCUT2D eigenvalue weighted by molar-refractivity contribution is 6.01. The Morgan fingerprint density at radius 3 is 2.68 bits per heavy atom. The molecule has 1 heterocycles. The summed E-state index contributed by atoms with van der Waals surface area (Å²) in [4.78, 5) is 25.6. The van der Waals surface area contributed by atoms with Gasteiger partial charge in [-0.25, -0.2) is 0 Å². The Morgan fingerprint density at radius 1 is 1.18 bits per heavy atom. The third-order valence-corrected chi connectivity index (χ3v) is 10.8. The number of carbonyl (C=O) groups is 2. The monoisotopic (exact) mass is 470 g/mol. The van der Waals surface area contributed by atoms with Gasteiger partial charge in [-0.1, -0.05) is 44.8 Å². The fourth-order valence-electron chi connectivity index (χ4n) is 9.33. The van der Waals surface area contributed by atoms with E-state index in [1.807, 2.05) is 6.08 Å².